The highest BCUT2D eigenvalue weighted by atomic mass is 79.9. The van der Waals surface area contributed by atoms with Gasteiger partial charge in [0, 0.05) is 31.2 Å². The van der Waals surface area contributed by atoms with Gasteiger partial charge in [0.05, 0.1) is 11.9 Å². The van der Waals surface area contributed by atoms with Crippen LogP contribution in [0.4, 0.5) is 5.95 Å². The molecule has 1 heterocycles. The number of rotatable bonds is 7. The van der Waals surface area contributed by atoms with E-state index in [-0.39, 0.29) is 23.8 Å². The predicted molar refractivity (Wildman–Crippen MR) is 141 cm³/mol. The number of hydrazone groups is 1. The molecular formula is C25H16BrCl2N5O2. The molecule has 0 amide bonds. The maximum atomic E-state index is 12.4. The monoisotopic (exact) mass is 567 g/mol. The molecule has 0 saturated carbocycles. The second-order valence-electron chi connectivity index (χ2n) is 7.16. The van der Waals surface area contributed by atoms with Crippen molar-refractivity contribution < 1.29 is 4.74 Å². The summed E-state index contributed by atoms with van der Waals surface area (Å²) in [5, 5.41) is 14.6. The van der Waals surface area contributed by atoms with Gasteiger partial charge in [-0.2, -0.15) is 10.4 Å². The molecule has 174 valence electrons. The third kappa shape index (κ3) is 5.89. The maximum absolute atomic E-state index is 12.4. The first-order valence-corrected chi connectivity index (χ1v) is 11.8. The van der Waals surface area contributed by atoms with Crippen molar-refractivity contribution in [2.75, 3.05) is 5.43 Å². The van der Waals surface area contributed by atoms with Crippen molar-refractivity contribution >= 4 is 51.3 Å². The molecule has 2 N–H and O–H groups in total. The Morgan fingerprint density at radius 1 is 1.11 bits per heavy atom. The Labute approximate surface area is 219 Å². The van der Waals surface area contributed by atoms with E-state index in [9.17, 15) is 10.1 Å². The summed E-state index contributed by atoms with van der Waals surface area (Å²) in [6.07, 6.45) is 1.52. The van der Waals surface area contributed by atoms with Crippen LogP contribution in [0.5, 0.6) is 5.75 Å². The summed E-state index contributed by atoms with van der Waals surface area (Å²) in [5.41, 5.74) is 4.29. The first-order chi connectivity index (χ1) is 17.0. The lowest BCUT2D eigenvalue weighted by molar-refractivity contribution is 0.306. The Balaban J connectivity index is 1.57. The predicted octanol–water partition coefficient (Wildman–Crippen LogP) is 6.40. The van der Waals surface area contributed by atoms with Crippen molar-refractivity contribution in [2.24, 2.45) is 5.10 Å². The minimum Gasteiger partial charge on any atom is -0.488 e. The number of halogens is 3. The molecule has 0 fully saturated rings. The first-order valence-electron chi connectivity index (χ1n) is 10.2. The molecule has 0 unspecified atom stereocenters. The van der Waals surface area contributed by atoms with Gasteiger partial charge in [0.15, 0.2) is 0 Å². The van der Waals surface area contributed by atoms with Crippen molar-refractivity contribution in [3.8, 4) is 23.1 Å². The van der Waals surface area contributed by atoms with E-state index in [1.807, 2.05) is 24.3 Å². The minimum atomic E-state index is -0.567. The molecule has 1 aromatic heterocycles. The van der Waals surface area contributed by atoms with E-state index in [0.717, 1.165) is 4.47 Å². The molecule has 35 heavy (non-hydrogen) atoms. The molecule has 0 saturated heterocycles. The second kappa shape index (κ2) is 11.2. The second-order valence-corrected chi connectivity index (χ2v) is 8.89. The lowest BCUT2D eigenvalue weighted by Gasteiger charge is -2.12. The Morgan fingerprint density at radius 3 is 2.57 bits per heavy atom. The van der Waals surface area contributed by atoms with Gasteiger partial charge in [0.1, 0.15) is 24.0 Å². The standard InChI is InChI=1S/C25H16BrCl2N5O2/c26-17-9-10-22(35-14-19-20(27)7-4-8-21(19)28)16(11-17)13-30-33-25-31-23(15-5-2-1-3-6-15)18(12-29)24(34)32-25/h1-11,13H,14H2,(H2,31,32,33,34). The largest absolute Gasteiger partial charge is 0.488 e. The van der Waals surface area contributed by atoms with Crippen molar-refractivity contribution in [1.82, 2.24) is 9.97 Å². The van der Waals surface area contributed by atoms with Gasteiger partial charge < -0.3 is 4.74 Å². The van der Waals surface area contributed by atoms with Gasteiger partial charge in [-0.15, -0.1) is 0 Å². The van der Waals surface area contributed by atoms with Crippen molar-refractivity contribution in [3.05, 3.63) is 108 Å². The number of benzene rings is 3. The Bertz CT molecular complexity index is 1480. The van der Waals surface area contributed by atoms with Crippen LogP contribution in [-0.4, -0.2) is 16.2 Å². The fourth-order valence-corrected chi connectivity index (χ4v) is 4.05. The SMILES string of the molecule is N#Cc1c(-c2ccccc2)nc(NN=Cc2cc(Br)ccc2OCc2c(Cl)cccc2Cl)[nH]c1=O. The summed E-state index contributed by atoms with van der Waals surface area (Å²) in [4.78, 5) is 19.3. The number of hydrogen-bond acceptors (Lipinski definition) is 6. The van der Waals surface area contributed by atoms with E-state index < -0.39 is 5.56 Å². The van der Waals surface area contributed by atoms with Gasteiger partial charge in [0.2, 0.25) is 5.95 Å². The average molecular weight is 569 g/mol. The van der Waals surface area contributed by atoms with Crippen molar-refractivity contribution in [3.63, 3.8) is 0 Å². The van der Waals surface area contributed by atoms with Gasteiger partial charge >= 0.3 is 0 Å². The lowest BCUT2D eigenvalue weighted by Crippen LogP contribution is -2.16. The van der Waals surface area contributed by atoms with Crippen LogP contribution in [0.25, 0.3) is 11.3 Å². The number of H-pyrrole nitrogens is 1. The van der Waals surface area contributed by atoms with Crippen LogP contribution >= 0.6 is 39.1 Å². The fraction of sp³-hybridized carbons (Fsp3) is 0.0400. The molecule has 0 aliphatic carbocycles. The van der Waals surface area contributed by atoms with Crippen LogP contribution in [0, 0.1) is 11.3 Å². The average Bonchev–Trinajstić information content (AvgIpc) is 2.85. The third-order valence-electron chi connectivity index (χ3n) is 4.86. The normalized spacial score (nSPS) is 10.8. The van der Waals surface area contributed by atoms with Gasteiger partial charge in [-0.05, 0) is 30.3 Å². The lowest BCUT2D eigenvalue weighted by atomic mass is 10.1. The van der Waals surface area contributed by atoms with E-state index in [0.29, 0.717) is 32.5 Å². The highest BCUT2D eigenvalue weighted by Gasteiger charge is 2.13. The van der Waals surface area contributed by atoms with E-state index in [1.165, 1.54) is 6.21 Å². The molecule has 0 aliphatic rings. The van der Waals surface area contributed by atoms with Gasteiger partial charge in [0.25, 0.3) is 5.56 Å². The van der Waals surface area contributed by atoms with Crippen LogP contribution in [0.3, 0.4) is 0 Å². The zero-order valence-corrected chi connectivity index (χ0v) is 21.0. The maximum Gasteiger partial charge on any atom is 0.270 e. The van der Waals surface area contributed by atoms with Crippen molar-refractivity contribution in [2.45, 2.75) is 6.61 Å². The van der Waals surface area contributed by atoms with Crippen LogP contribution in [0.2, 0.25) is 10.0 Å². The molecule has 4 rings (SSSR count). The number of ether oxygens (including phenoxy) is 1. The Morgan fingerprint density at radius 2 is 1.86 bits per heavy atom. The molecule has 0 bridgehead atoms. The molecule has 10 heteroatoms. The summed E-state index contributed by atoms with van der Waals surface area (Å²) in [7, 11) is 0. The fourth-order valence-electron chi connectivity index (χ4n) is 3.17. The van der Waals surface area contributed by atoms with Gasteiger partial charge in [-0.25, -0.2) is 10.4 Å². The smallest absolute Gasteiger partial charge is 0.270 e. The summed E-state index contributed by atoms with van der Waals surface area (Å²) in [6, 6.07) is 21.6. The molecule has 3 aromatic carbocycles. The first kappa shape index (κ1) is 24.5. The van der Waals surface area contributed by atoms with Gasteiger partial charge in [-0.1, -0.05) is 75.5 Å². The highest BCUT2D eigenvalue weighted by molar-refractivity contribution is 9.10. The summed E-state index contributed by atoms with van der Waals surface area (Å²) in [5.74, 6) is 0.630. The number of nitrogens with zero attached hydrogens (tertiary/aromatic N) is 3. The Hall–Kier alpha value is -3.64. The van der Waals surface area contributed by atoms with Crippen LogP contribution < -0.4 is 15.7 Å². The topological polar surface area (TPSA) is 103 Å². The van der Waals surface area contributed by atoms with E-state index in [1.54, 1.807) is 48.5 Å². The molecule has 4 aromatic rings. The number of hydrogen-bond donors (Lipinski definition) is 2. The van der Waals surface area contributed by atoms with Crippen LogP contribution in [0.15, 0.2) is 81.1 Å². The number of anilines is 1. The molecule has 0 radical (unpaired) electrons. The number of aromatic nitrogens is 2. The van der Waals surface area contributed by atoms with Crippen molar-refractivity contribution in [1.29, 1.82) is 5.26 Å². The number of nitriles is 1. The third-order valence-corrected chi connectivity index (χ3v) is 6.06. The van der Waals surface area contributed by atoms with E-state index in [4.69, 9.17) is 27.9 Å². The zero-order chi connectivity index (χ0) is 24.8. The summed E-state index contributed by atoms with van der Waals surface area (Å²) >= 11 is 15.9. The molecule has 0 atom stereocenters. The zero-order valence-electron chi connectivity index (χ0n) is 17.9. The molecule has 0 aliphatic heterocycles. The minimum absolute atomic E-state index is 0.0772. The molecule has 7 nitrogen and oxygen atoms in total. The molecule has 0 spiro atoms. The van der Waals surface area contributed by atoms with E-state index in [2.05, 4.69) is 36.4 Å². The van der Waals surface area contributed by atoms with Crippen LogP contribution in [-0.2, 0) is 6.61 Å². The molecular weight excluding hydrogens is 553 g/mol. The number of nitrogens with one attached hydrogen (secondary N) is 2. The van der Waals surface area contributed by atoms with Crippen LogP contribution in [0.1, 0.15) is 16.7 Å². The van der Waals surface area contributed by atoms with Gasteiger partial charge in [-0.3, -0.25) is 9.78 Å². The summed E-state index contributed by atoms with van der Waals surface area (Å²) in [6.45, 7) is 0.166. The quantitative estimate of drug-likeness (QED) is 0.198. The summed E-state index contributed by atoms with van der Waals surface area (Å²) < 4.78 is 6.77. The highest BCUT2D eigenvalue weighted by Crippen LogP contribution is 2.28. The number of aromatic amines is 1. The Kier molecular flexibility index (Phi) is 7.83. The van der Waals surface area contributed by atoms with E-state index >= 15 is 0 Å².